The van der Waals surface area contributed by atoms with Gasteiger partial charge in [0.2, 0.25) is 0 Å². The summed E-state index contributed by atoms with van der Waals surface area (Å²) in [6, 6.07) is 20.3. The van der Waals surface area contributed by atoms with Crippen molar-refractivity contribution in [1.82, 2.24) is 19.0 Å². The molecular weight excluding hydrogens is 540 g/mol. The maximum absolute atomic E-state index is 13.6. The number of benzene rings is 2. The second kappa shape index (κ2) is 12.1. The zero-order valence-corrected chi connectivity index (χ0v) is 24.1. The molecule has 8 heteroatoms. The van der Waals surface area contributed by atoms with E-state index in [1.54, 1.807) is 0 Å². The van der Waals surface area contributed by atoms with Crippen LogP contribution >= 0.6 is 0 Å². The molecule has 2 aliphatic rings. The van der Waals surface area contributed by atoms with Gasteiger partial charge in [-0.3, -0.25) is 19.5 Å². The molecule has 0 N–H and O–H groups in total. The highest BCUT2D eigenvalue weighted by molar-refractivity contribution is 6.52. The fraction of sp³-hybridized carbons (Fsp3) is 0.286. The van der Waals surface area contributed by atoms with Gasteiger partial charge in [-0.2, -0.15) is 0 Å². The highest BCUT2D eigenvalue weighted by Crippen LogP contribution is 2.41. The Kier molecular flexibility index (Phi) is 7.72. The zero-order chi connectivity index (χ0) is 29.2. The van der Waals surface area contributed by atoms with Gasteiger partial charge in [0.15, 0.2) is 11.6 Å². The number of nitrogens with zero attached hydrogens (tertiary/aromatic N) is 4. The van der Waals surface area contributed by atoms with E-state index in [1.807, 2.05) is 61.1 Å². The van der Waals surface area contributed by atoms with Gasteiger partial charge in [-0.05, 0) is 29.8 Å². The molecule has 0 radical (unpaired) electrons. The van der Waals surface area contributed by atoms with Crippen LogP contribution in [-0.2, 0) is 38.7 Å². The SMILES string of the molecule is O=C1CC(=O)C2=C1c1cn(c3ccccc13)CCOCCOCCN(Cc1ccncc1)CCn1cc2c2ccccc21. The number of hydrogen-bond donors (Lipinski definition) is 0. The van der Waals surface area contributed by atoms with Gasteiger partial charge in [0, 0.05) is 102 Å². The summed E-state index contributed by atoms with van der Waals surface area (Å²) in [6.07, 6.45) is 7.62. The molecule has 0 saturated carbocycles. The van der Waals surface area contributed by atoms with Gasteiger partial charge in [-0.15, -0.1) is 0 Å². The van der Waals surface area contributed by atoms with Gasteiger partial charge in [-0.1, -0.05) is 36.4 Å². The number of allylic oxidation sites excluding steroid dienone is 2. The lowest BCUT2D eigenvalue weighted by Crippen LogP contribution is -2.31. The summed E-state index contributed by atoms with van der Waals surface area (Å²) in [5, 5.41) is 1.94. The molecule has 0 saturated heterocycles. The van der Waals surface area contributed by atoms with Crippen molar-refractivity contribution < 1.29 is 19.1 Å². The number of carbonyl (C=O) groups excluding carboxylic acids is 2. The van der Waals surface area contributed by atoms with Gasteiger partial charge in [-0.25, -0.2) is 0 Å². The van der Waals surface area contributed by atoms with E-state index in [2.05, 4.69) is 43.4 Å². The number of ether oxygens (including phenoxy) is 2. The maximum atomic E-state index is 13.6. The largest absolute Gasteiger partial charge is 0.378 e. The van der Waals surface area contributed by atoms with Gasteiger partial charge >= 0.3 is 0 Å². The first kappa shape index (κ1) is 27.5. The van der Waals surface area contributed by atoms with Crippen LogP contribution in [0.5, 0.6) is 0 Å². The second-order valence-corrected chi connectivity index (χ2v) is 11.1. The molecule has 3 aromatic heterocycles. The molecule has 0 unspecified atom stereocenters. The van der Waals surface area contributed by atoms with Gasteiger partial charge in [0.1, 0.15) is 0 Å². The molecule has 7 rings (SSSR count). The highest BCUT2D eigenvalue weighted by Gasteiger charge is 2.35. The summed E-state index contributed by atoms with van der Waals surface area (Å²) >= 11 is 0. The maximum Gasteiger partial charge on any atom is 0.172 e. The highest BCUT2D eigenvalue weighted by atomic mass is 16.5. The van der Waals surface area contributed by atoms with E-state index in [1.165, 1.54) is 5.56 Å². The Hall–Kier alpha value is -4.37. The van der Waals surface area contributed by atoms with E-state index < -0.39 is 0 Å². The van der Waals surface area contributed by atoms with Gasteiger partial charge in [0.05, 0.1) is 32.8 Å². The second-order valence-electron chi connectivity index (χ2n) is 11.1. The third-order valence-corrected chi connectivity index (χ3v) is 8.46. The third kappa shape index (κ3) is 5.45. The van der Waals surface area contributed by atoms with Crippen LogP contribution in [0.2, 0.25) is 0 Å². The van der Waals surface area contributed by atoms with Crippen molar-refractivity contribution in [1.29, 1.82) is 0 Å². The molecule has 2 aromatic carbocycles. The monoisotopic (exact) mass is 574 g/mol. The van der Waals surface area contributed by atoms with Crippen molar-refractivity contribution in [2.75, 3.05) is 39.5 Å². The summed E-state index contributed by atoms with van der Waals surface area (Å²) in [4.78, 5) is 33.7. The van der Waals surface area contributed by atoms with Gasteiger partial charge in [0.25, 0.3) is 0 Å². The lowest BCUT2D eigenvalue weighted by Gasteiger charge is -2.23. The van der Waals surface area contributed by atoms with Crippen LogP contribution in [-0.4, -0.2) is 70.1 Å². The predicted octanol–water partition coefficient (Wildman–Crippen LogP) is 4.99. The number of aromatic nitrogens is 3. The molecule has 43 heavy (non-hydrogen) atoms. The lowest BCUT2D eigenvalue weighted by atomic mass is 9.95. The molecule has 4 bridgehead atoms. The van der Waals surface area contributed by atoms with Crippen LogP contribution in [0, 0.1) is 0 Å². The Morgan fingerprint density at radius 1 is 0.628 bits per heavy atom. The molecule has 0 fully saturated rings. The Balaban J connectivity index is 1.34. The molecular formula is C35H34N4O4. The van der Waals surface area contributed by atoms with Crippen LogP contribution in [0.15, 0.2) is 85.5 Å². The molecule has 0 atom stereocenters. The summed E-state index contributed by atoms with van der Waals surface area (Å²) in [6.45, 7) is 5.84. The minimum atomic E-state index is -0.123. The lowest BCUT2D eigenvalue weighted by molar-refractivity contribution is -0.119. The summed E-state index contributed by atoms with van der Waals surface area (Å²) < 4.78 is 16.2. The third-order valence-electron chi connectivity index (χ3n) is 8.46. The summed E-state index contributed by atoms with van der Waals surface area (Å²) in [5.74, 6) is -0.243. The number of pyridine rings is 1. The van der Waals surface area contributed by atoms with E-state index >= 15 is 0 Å². The van der Waals surface area contributed by atoms with Crippen LogP contribution < -0.4 is 0 Å². The van der Waals surface area contributed by atoms with E-state index in [0.717, 1.165) is 59.1 Å². The Labute approximate surface area is 250 Å². The average molecular weight is 575 g/mol. The summed E-state index contributed by atoms with van der Waals surface area (Å²) in [7, 11) is 0. The number of ketones is 2. The Morgan fingerprint density at radius 2 is 1.19 bits per heavy atom. The Morgan fingerprint density at radius 3 is 1.81 bits per heavy atom. The van der Waals surface area contributed by atoms with E-state index in [0.29, 0.717) is 44.1 Å². The van der Waals surface area contributed by atoms with E-state index in [4.69, 9.17) is 9.47 Å². The number of rotatable bonds is 2. The van der Waals surface area contributed by atoms with Crippen LogP contribution in [0.1, 0.15) is 23.1 Å². The molecule has 218 valence electrons. The topological polar surface area (TPSA) is 78.6 Å². The molecule has 0 spiro atoms. The molecule has 1 aliphatic carbocycles. The van der Waals surface area contributed by atoms with Crippen molar-refractivity contribution in [2.45, 2.75) is 26.1 Å². The normalized spacial score (nSPS) is 17.7. The average Bonchev–Trinajstić information content (AvgIpc) is 3.67. The minimum absolute atomic E-state index is 0.105. The van der Waals surface area contributed by atoms with Crippen LogP contribution in [0.25, 0.3) is 33.0 Å². The fourth-order valence-electron chi connectivity index (χ4n) is 6.38. The van der Waals surface area contributed by atoms with Crippen LogP contribution in [0.4, 0.5) is 0 Å². The quantitative estimate of drug-likeness (QED) is 0.277. The number of hydrogen-bond acceptors (Lipinski definition) is 6. The first-order chi connectivity index (χ1) is 21.2. The molecule has 8 nitrogen and oxygen atoms in total. The smallest absolute Gasteiger partial charge is 0.172 e. The number of Topliss-reactive ketones (excluding diaryl/α,β-unsaturated/α-hetero) is 2. The summed E-state index contributed by atoms with van der Waals surface area (Å²) in [5.41, 5.74) is 5.94. The standard InChI is InChI=1S/C35H34N4O4/c40-32-21-33(41)35-29-24-39(31-8-4-2-6-27(29)31)16-18-43-20-19-42-17-15-37(22-25-9-11-36-12-10-25)13-14-38-23-28(34(32)35)26-5-1-3-7-30(26)38/h1-12,23-24H,13-22H2. The molecule has 5 aromatic rings. The van der Waals surface area contributed by atoms with Crippen LogP contribution in [0.3, 0.4) is 0 Å². The van der Waals surface area contributed by atoms with Crippen molar-refractivity contribution in [3.8, 4) is 0 Å². The molecule has 4 heterocycles. The molecule has 0 amide bonds. The first-order valence-electron chi connectivity index (χ1n) is 14.9. The zero-order valence-electron chi connectivity index (χ0n) is 24.1. The van der Waals surface area contributed by atoms with E-state index in [-0.39, 0.29) is 18.0 Å². The van der Waals surface area contributed by atoms with Gasteiger partial charge < -0.3 is 18.6 Å². The molecule has 1 aliphatic heterocycles. The van der Waals surface area contributed by atoms with Crippen molar-refractivity contribution in [3.63, 3.8) is 0 Å². The number of fused-ring (bicyclic) bond motifs is 12. The Bertz CT molecular complexity index is 1830. The number of para-hydroxylation sites is 2. The van der Waals surface area contributed by atoms with Crippen molar-refractivity contribution in [3.05, 3.63) is 102 Å². The fourth-order valence-corrected chi connectivity index (χ4v) is 6.38. The first-order valence-corrected chi connectivity index (χ1v) is 14.9. The van der Waals surface area contributed by atoms with Crippen molar-refractivity contribution in [2.24, 2.45) is 0 Å². The number of carbonyl (C=O) groups is 2. The van der Waals surface area contributed by atoms with Crippen molar-refractivity contribution >= 4 is 44.5 Å². The van der Waals surface area contributed by atoms with E-state index in [9.17, 15) is 9.59 Å². The predicted molar refractivity (Wildman–Crippen MR) is 166 cm³/mol. The minimum Gasteiger partial charge on any atom is -0.378 e.